The second kappa shape index (κ2) is 7.08. The predicted molar refractivity (Wildman–Crippen MR) is 92.8 cm³/mol. The van der Waals surface area contributed by atoms with E-state index >= 15 is 0 Å². The van der Waals surface area contributed by atoms with Crippen LogP contribution in [-0.4, -0.2) is 35.3 Å². The summed E-state index contributed by atoms with van der Waals surface area (Å²) in [4.78, 5) is 18.7. The van der Waals surface area contributed by atoms with Gasteiger partial charge in [-0.1, -0.05) is 6.92 Å². The van der Waals surface area contributed by atoms with Crippen LogP contribution in [0.1, 0.15) is 52.5 Å². The Morgan fingerprint density at radius 3 is 2.54 bits per heavy atom. The average molecular weight is 330 g/mol. The van der Waals surface area contributed by atoms with Crippen molar-refractivity contribution in [1.29, 1.82) is 5.26 Å². The van der Waals surface area contributed by atoms with E-state index in [0.717, 1.165) is 38.2 Å². The van der Waals surface area contributed by atoms with Crippen molar-refractivity contribution in [3.8, 4) is 6.07 Å². The molecule has 2 rings (SSSR count). The van der Waals surface area contributed by atoms with Gasteiger partial charge < -0.3 is 15.0 Å². The van der Waals surface area contributed by atoms with Gasteiger partial charge in [-0.2, -0.15) is 5.26 Å². The molecule has 0 bridgehead atoms. The van der Waals surface area contributed by atoms with E-state index < -0.39 is 5.60 Å². The molecule has 24 heavy (non-hydrogen) atoms. The molecule has 1 aliphatic heterocycles. The number of carbonyl (C=O) groups excluding carboxylic acids is 1. The van der Waals surface area contributed by atoms with Crippen molar-refractivity contribution in [2.24, 2.45) is 0 Å². The van der Waals surface area contributed by atoms with Crippen LogP contribution >= 0.6 is 0 Å². The average Bonchev–Trinajstić information content (AvgIpc) is 2.54. The molecule has 1 aliphatic rings. The summed E-state index contributed by atoms with van der Waals surface area (Å²) in [6, 6.07) is 5.73. The minimum atomic E-state index is -0.494. The maximum Gasteiger partial charge on any atom is 0.408 e. The Kier molecular flexibility index (Phi) is 5.33. The van der Waals surface area contributed by atoms with E-state index in [1.165, 1.54) is 0 Å². The van der Waals surface area contributed by atoms with Gasteiger partial charge in [0, 0.05) is 24.8 Å². The molecule has 1 aromatic heterocycles. The van der Waals surface area contributed by atoms with Crippen molar-refractivity contribution in [2.75, 3.05) is 18.0 Å². The van der Waals surface area contributed by atoms with Crippen LogP contribution in [0.15, 0.2) is 18.3 Å². The molecule has 1 amide bonds. The molecule has 1 fully saturated rings. The van der Waals surface area contributed by atoms with Gasteiger partial charge in [0.05, 0.1) is 5.56 Å². The first-order valence-electron chi connectivity index (χ1n) is 8.39. The standard InChI is InChI=1S/C18H26N4O2/c1-5-18(21-16(23)24-17(2,3)4)8-10-22(11-9-18)15-7-6-14(12-19)13-20-15/h6-7,13H,5,8-11H2,1-4H3,(H,21,23). The molecule has 0 unspecified atom stereocenters. The molecule has 6 nitrogen and oxygen atoms in total. The second-order valence-electron chi connectivity index (χ2n) is 7.26. The van der Waals surface area contributed by atoms with Crippen LogP contribution in [0.5, 0.6) is 0 Å². The molecule has 0 atom stereocenters. The van der Waals surface area contributed by atoms with Gasteiger partial charge in [-0.15, -0.1) is 0 Å². The molecule has 130 valence electrons. The normalized spacial score (nSPS) is 17.0. The second-order valence-corrected chi connectivity index (χ2v) is 7.26. The van der Waals surface area contributed by atoms with Gasteiger partial charge in [0.15, 0.2) is 0 Å². The molecule has 0 spiro atoms. The minimum Gasteiger partial charge on any atom is -0.444 e. The molecule has 0 aliphatic carbocycles. The van der Waals surface area contributed by atoms with Crippen molar-refractivity contribution >= 4 is 11.9 Å². The molecule has 1 N–H and O–H groups in total. The Labute approximate surface area is 143 Å². The summed E-state index contributed by atoms with van der Waals surface area (Å²) < 4.78 is 5.40. The van der Waals surface area contributed by atoms with Gasteiger partial charge in [0.1, 0.15) is 17.5 Å². The van der Waals surface area contributed by atoms with Crippen LogP contribution in [0, 0.1) is 11.3 Å². The maximum atomic E-state index is 12.1. The Hall–Kier alpha value is -2.29. The van der Waals surface area contributed by atoms with Crippen LogP contribution in [0.2, 0.25) is 0 Å². The first-order valence-corrected chi connectivity index (χ1v) is 8.39. The summed E-state index contributed by atoms with van der Waals surface area (Å²) in [6.45, 7) is 9.30. The fraction of sp³-hybridized carbons (Fsp3) is 0.611. The number of hydrogen-bond acceptors (Lipinski definition) is 5. The molecule has 0 radical (unpaired) electrons. The largest absolute Gasteiger partial charge is 0.444 e. The monoisotopic (exact) mass is 330 g/mol. The third kappa shape index (κ3) is 4.60. The van der Waals surface area contributed by atoms with Crippen LogP contribution < -0.4 is 10.2 Å². The number of anilines is 1. The van der Waals surface area contributed by atoms with Gasteiger partial charge in [0.25, 0.3) is 0 Å². The number of carbonyl (C=O) groups is 1. The predicted octanol–water partition coefficient (Wildman–Crippen LogP) is 3.23. The third-order valence-corrected chi connectivity index (χ3v) is 4.36. The van der Waals surface area contributed by atoms with E-state index in [0.29, 0.717) is 5.56 Å². The maximum absolute atomic E-state index is 12.1. The number of nitrogens with one attached hydrogen (secondary N) is 1. The van der Waals surface area contributed by atoms with E-state index in [1.54, 1.807) is 12.3 Å². The summed E-state index contributed by atoms with van der Waals surface area (Å²) in [5, 5.41) is 11.9. The molecule has 2 heterocycles. The number of rotatable bonds is 3. The first-order chi connectivity index (χ1) is 11.3. The van der Waals surface area contributed by atoms with E-state index in [-0.39, 0.29) is 11.6 Å². The van der Waals surface area contributed by atoms with Crippen molar-refractivity contribution in [3.05, 3.63) is 23.9 Å². The fourth-order valence-electron chi connectivity index (χ4n) is 2.89. The highest BCUT2D eigenvalue weighted by atomic mass is 16.6. The Morgan fingerprint density at radius 2 is 2.08 bits per heavy atom. The lowest BCUT2D eigenvalue weighted by molar-refractivity contribution is 0.0431. The van der Waals surface area contributed by atoms with Gasteiger partial charge in [-0.25, -0.2) is 9.78 Å². The molecule has 1 aromatic rings. The van der Waals surface area contributed by atoms with Gasteiger partial charge in [-0.05, 0) is 52.2 Å². The SMILES string of the molecule is CCC1(NC(=O)OC(C)(C)C)CCN(c2ccc(C#N)cn2)CC1. The quantitative estimate of drug-likeness (QED) is 0.920. The molecular weight excluding hydrogens is 304 g/mol. The van der Waals surface area contributed by atoms with Crippen molar-refractivity contribution in [2.45, 2.75) is 58.1 Å². The number of pyridine rings is 1. The molecule has 1 saturated heterocycles. The summed E-state index contributed by atoms with van der Waals surface area (Å²) in [5.41, 5.74) is -0.164. The zero-order valence-corrected chi connectivity index (χ0v) is 14.9. The van der Waals surface area contributed by atoms with Gasteiger partial charge in [0.2, 0.25) is 0 Å². The number of ether oxygens (including phenoxy) is 1. The summed E-state index contributed by atoms with van der Waals surface area (Å²) >= 11 is 0. The number of piperidine rings is 1. The zero-order valence-electron chi connectivity index (χ0n) is 14.9. The molecule has 6 heteroatoms. The number of aromatic nitrogens is 1. The molecular formula is C18H26N4O2. The van der Waals surface area contributed by atoms with E-state index in [2.05, 4.69) is 28.2 Å². The van der Waals surface area contributed by atoms with Gasteiger partial charge in [-0.3, -0.25) is 0 Å². The van der Waals surface area contributed by atoms with Crippen LogP contribution in [-0.2, 0) is 4.74 Å². The number of alkyl carbamates (subject to hydrolysis) is 1. The summed E-state index contributed by atoms with van der Waals surface area (Å²) in [6.07, 6.45) is 3.78. The first kappa shape index (κ1) is 18.1. The van der Waals surface area contributed by atoms with Crippen LogP contribution in [0.4, 0.5) is 10.6 Å². The minimum absolute atomic E-state index is 0.231. The van der Waals surface area contributed by atoms with E-state index in [1.807, 2.05) is 26.8 Å². The van der Waals surface area contributed by atoms with E-state index in [9.17, 15) is 4.79 Å². The summed E-state index contributed by atoms with van der Waals surface area (Å²) in [5.74, 6) is 0.871. The highest BCUT2D eigenvalue weighted by Gasteiger charge is 2.36. The smallest absolute Gasteiger partial charge is 0.408 e. The van der Waals surface area contributed by atoms with Crippen molar-refractivity contribution in [3.63, 3.8) is 0 Å². The van der Waals surface area contributed by atoms with Crippen molar-refractivity contribution < 1.29 is 9.53 Å². The van der Waals surface area contributed by atoms with Crippen LogP contribution in [0.25, 0.3) is 0 Å². The molecule has 0 aromatic carbocycles. The number of amides is 1. The third-order valence-electron chi connectivity index (χ3n) is 4.36. The Balaban J connectivity index is 1.97. The fourth-order valence-corrected chi connectivity index (χ4v) is 2.89. The lowest BCUT2D eigenvalue weighted by Crippen LogP contribution is -2.56. The zero-order chi connectivity index (χ0) is 17.8. The van der Waals surface area contributed by atoms with E-state index in [4.69, 9.17) is 10.00 Å². The topological polar surface area (TPSA) is 78.2 Å². The number of nitrogens with zero attached hydrogens (tertiary/aromatic N) is 3. The van der Waals surface area contributed by atoms with Crippen molar-refractivity contribution in [1.82, 2.24) is 10.3 Å². The number of hydrogen-bond donors (Lipinski definition) is 1. The lowest BCUT2D eigenvalue weighted by Gasteiger charge is -2.42. The number of nitriles is 1. The highest BCUT2D eigenvalue weighted by Crippen LogP contribution is 2.28. The summed E-state index contributed by atoms with van der Waals surface area (Å²) in [7, 11) is 0. The highest BCUT2D eigenvalue weighted by molar-refractivity contribution is 5.69. The Morgan fingerprint density at radius 1 is 1.42 bits per heavy atom. The lowest BCUT2D eigenvalue weighted by atomic mass is 9.85. The van der Waals surface area contributed by atoms with Gasteiger partial charge >= 0.3 is 6.09 Å². The molecule has 0 saturated carbocycles. The van der Waals surface area contributed by atoms with Crippen LogP contribution in [0.3, 0.4) is 0 Å². The Bertz CT molecular complexity index is 605.